The number of para-hydroxylation sites is 1. The van der Waals surface area contributed by atoms with Crippen LogP contribution in [0.1, 0.15) is 17.5 Å². The number of aromatic nitrogens is 4. The highest BCUT2D eigenvalue weighted by Crippen LogP contribution is 2.18. The van der Waals surface area contributed by atoms with Crippen molar-refractivity contribution in [1.82, 2.24) is 19.1 Å². The average molecular weight is 418 g/mol. The number of benzene rings is 2. The molecule has 0 aliphatic rings. The van der Waals surface area contributed by atoms with E-state index < -0.39 is 11.2 Å². The van der Waals surface area contributed by atoms with E-state index in [-0.39, 0.29) is 11.4 Å². The van der Waals surface area contributed by atoms with Crippen molar-refractivity contribution in [2.75, 3.05) is 5.43 Å². The normalized spacial score (nSPS) is 11.4. The van der Waals surface area contributed by atoms with Crippen LogP contribution in [0, 0.1) is 0 Å². The van der Waals surface area contributed by atoms with E-state index in [1.807, 2.05) is 18.2 Å². The van der Waals surface area contributed by atoms with E-state index in [2.05, 4.69) is 32.6 Å². The van der Waals surface area contributed by atoms with Gasteiger partial charge in [0, 0.05) is 19.2 Å². The lowest BCUT2D eigenvalue weighted by Crippen LogP contribution is -2.29. The van der Waals surface area contributed by atoms with Crippen LogP contribution in [0.2, 0.25) is 0 Å². The van der Waals surface area contributed by atoms with E-state index in [0.29, 0.717) is 23.6 Å². The van der Waals surface area contributed by atoms with Crippen molar-refractivity contribution in [2.24, 2.45) is 12.1 Å². The molecule has 4 rings (SSSR count). The fourth-order valence-corrected chi connectivity index (χ4v) is 3.38. The summed E-state index contributed by atoms with van der Waals surface area (Å²) in [7, 11) is 1.55. The number of H-pyrrole nitrogens is 1. The highest BCUT2D eigenvalue weighted by atomic mass is 16.3. The van der Waals surface area contributed by atoms with Crippen LogP contribution in [0.25, 0.3) is 11.2 Å². The van der Waals surface area contributed by atoms with Crippen LogP contribution in [0.4, 0.5) is 5.95 Å². The van der Waals surface area contributed by atoms with Gasteiger partial charge in [0.2, 0.25) is 5.95 Å². The van der Waals surface area contributed by atoms with E-state index in [4.69, 9.17) is 0 Å². The molecule has 0 unspecified atom stereocenters. The van der Waals surface area contributed by atoms with Gasteiger partial charge in [0.05, 0.1) is 6.21 Å². The minimum absolute atomic E-state index is 0.100. The molecule has 4 aromatic rings. The van der Waals surface area contributed by atoms with Crippen molar-refractivity contribution in [2.45, 2.75) is 19.4 Å². The zero-order valence-corrected chi connectivity index (χ0v) is 16.9. The predicted octanol–water partition coefficient (Wildman–Crippen LogP) is 2.21. The SMILES string of the molecule is Cn1c(=O)[nH]c(=O)c2c1nc(N/N=C\c1ccccc1O)n2CCCc1ccccc1. The molecule has 9 nitrogen and oxygen atoms in total. The number of aryl methyl sites for hydroxylation is 3. The number of rotatable bonds is 7. The highest BCUT2D eigenvalue weighted by molar-refractivity contribution is 5.83. The molecule has 2 heterocycles. The first-order chi connectivity index (χ1) is 15.0. The molecule has 2 aromatic carbocycles. The number of phenolic OH excluding ortho intramolecular Hbond substituents is 1. The highest BCUT2D eigenvalue weighted by Gasteiger charge is 2.17. The third-order valence-electron chi connectivity index (χ3n) is 5.00. The quantitative estimate of drug-likeness (QED) is 0.314. The molecule has 0 spiro atoms. The molecular weight excluding hydrogens is 396 g/mol. The number of aromatic amines is 1. The number of nitrogens with one attached hydrogen (secondary N) is 2. The second-order valence-corrected chi connectivity index (χ2v) is 7.10. The van der Waals surface area contributed by atoms with Gasteiger partial charge in [0.1, 0.15) is 5.75 Å². The largest absolute Gasteiger partial charge is 0.507 e. The topological polar surface area (TPSA) is 117 Å². The lowest BCUT2D eigenvalue weighted by molar-refractivity contribution is 0.474. The van der Waals surface area contributed by atoms with Crippen LogP contribution >= 0.6 is 0 Å². The lowest BCUT2D eigenvalue weighted by Gasteiger charge is -2.08. The molecule has 0 fully saturated rings. The monoisotopic (exact) mass is 418 g/mol. The lowest BCUT2D eigenvalue weighted by atomic mass is 10.1. The first-order valence-corrected chi connectivity index (χ1v) is 9.85. The van der Waals surface area contributed by atoms with Gasteiger partial charge in [0.15, 0.2) is 11.2 Å². The van der Waals surface area contributed by atoms with Crippen LogP contribution in [-0.2, 0) is 20.0 Å². The Balaban J connectivity index is 1.66. The summed E-state index contributed by atoms with van der Waals surface area (Å²) < 4.78 is 3.01. The van der Waals surface area contributed by atoms with E-state index >= 15 is 0 Å². The number of aromatic hydroxyl groups is 1. The second-order valence-electron chi connectivity index (χ2n) is 7.10. The Bertz CT molecular complexity index is 1350. The molecule has 158 valence electrons. The summed E-state index contributed by atoms with van der Waals surface area (Å²) >= 11 is 0. The molecule has 0 aliphatic heterocycles. The molecule has 0 saturated heterocycles. The van der Waals surface area contributed by atoms with Gasteiger partial charge < -0.3 is 9.67 Å². The Morgan fingerprint density at radius 1 is 1.13 bits per heavy atom. The summed E-state index contributed by atoms with van der Waals surface area (Å²) in [6.07, 6.45) is 3.05. The fraction of sp³-hybridized carbons (Fsp3) is 0.182. The van der Waals surface area contributed by atoms with Crippen molar-refractivity contribution < 1.29 is 5.11 Å². The van der Waals surface area contributed by atoms with Gasteiger partial charge in [-0.25, -0.2) is 10.2 Å². The van der Waals surface area contributed by atoms with Gasteiger partial charge in [-0.1, -0.05) is 42.5 Å². The summed E-state index contributed by atoms with van der Waals surface area (Å²) in [6.45, 7) is 0.501. The Hall–Kier alpha value is -4.14. The van der Waals surface area contributed by atoms with E-state index in [9.17, 15) is 14.7 Å². The van der Waals surface area contributed by atoms with Crippen molar-refractivity contribution in [1.29, 1.82) is 0 Å². The summed E-state index contributed by atoms with van der Waals surface area (Å²) in [5, 5.41) is 14.0. The molecule has 9 heteroatoms. The smallest absolute Gasteiger partial charge is 0.329 e. The zero-order valence-electron chi connectivity index (χ0n) is 16.9. The van der Waals surface area contributed by atoms with Gasteiger partial charge in [-0.05, 0) is 30.5 Å². The van der Waals surface area contributed by atoms with Crippen molar-refractivity contribution in [3.8, 4) is 5.75 Å². The maximum absolute atomic E-state index is 12.5. The maximum Gasteiger partial charge on any atom is 0.329 e. The number of hydrogen-bond donors (Lipinski definition) is 3. The molecular formula is C22H22N6O3. The first-order valence-electron chi connectivity index (χ1n) is 9.85. The maximum atomic E-state index is 12.5. The average Bonchev–Trinajstić information content (AvgIpc) is 3.13. The predicted molar refractivity (Wildman–Crippen MR) is 120 cm³/mol. The van der Waals surface area contributed by atoms with Gasteiger partial charge in [-0.3, -0.25) is 14.3 Å². The van der Waals surface area contributed by atoms with E-state index in [1.54, 1.807) is 35.9 Å². The van der Waals surface area contributed by atoms with Crippen LogP contribution < -0.4 is 16.7 Å². The standard InChI is InChI=1S/C22H22N6O3/c1-27-19-18(20(30)25-22(27)31)28(13-7-10-15-8-3-2-4-9-15)21(24-19)26-23-14-16-11-5-6-12-17(16)29/h2-6,8-9,11-12,14,29H,7,10,13H2,1H3,(H,24,26)(H,25,30,31)/b23-14-. The van der Waals surface area contributed by atoms with Crippen molar-refractivity contribution in [3.63, 3.8) is 0 Å². The molecule has 3 N–H and O–H groups in total. The Labute approximate surface area is 177 Å². The number of nitrogens with zero attached hydrogens (tertiary/aromatic N) is 4. The summed E-state index contributed by atoms with van der Waals surface area (Å²) in [6, 6.07) is 16.8. The molecule has 0 saturated carbocycles. The molecule has 0 atom stereocenters. The van der Waals surface area contributed by atoms with Gasteiger partial charge in [0.25, 0.3) is 5.56 Å². The fourth-order valence-electron chi connectivity index (χ4n) is 3.38. The first kappa shape index (κ1) is 20.1. The van der Waals surface area contributed by atoms with E-state index in [0.717, 1.165) is 12.8 Å². The number of imidazole rings is 1. The van der Waals surface area contributed by atoms with Gasteiger partial charge in [-0.15, -0.1) is 0 Å². The second kappa shape index (κ2) is 8.70. The van der Waals surface area contributed by atoms with Crippen LogP contribution in [-0.4, -0.2) is 30.4 Å². The van der Waals surface area contributed by atoms with Crippen molar-refractivity contribution in [3.05, 3.63) is 86.6 Å². The zero-order chi connectivity index (χ0) is 21.8. The molecule has 0 aliphatic carbocycles. The Kier molecular flexibility index (Phi) is 5.65. The third-order valence-corrected chi connectivity index (χ3v) is 5.00. The van der Waals surface area contributed by atoms with Crippen LogP contribution in [0.3, 0.4) is 0 Å². The molecule has 0 bridgehead atoms. The van der Waals surface area contributed by atoms with Crippen LogP contribution in [0.5, 0.6) is 5.75 Å². The molecule has 0 radical (unpaired) electrons. The van der Waals surface area contributed by atoms with Gasteiger partial charge >= 0.3 is 5.69 Å². The molecule has 0 amide bonds. The summed E-state index contributed by atoms with van der Waals surface area (Å²) in [5.41, 5.74) is 4.12. The minimum atomic E-state index is -0.532. The number of fused-ring (bicyclic) bond motifs is 1. The van der Waals surface area contributed by atoms with Crippen LogP contribution in [0.15, 0.2) is 69.3 Å². The van der Waals surface area contributed by atoms with E-state index in [1.165, 1.54) is 16.3 Å². The minimum Gasteiger partial charge on any atom is -0.507 e. The molecule has 31 heavy (non-hydrogen) atoms. The summed E-state index contributed by atoms with van der Waals surface area (Å²) in [4.78, 5) is 31.3. The molecule has 2 aromatic heterocycles. The number of phenols is 1. The third kappa shape index (κ3) is 4.25. The Morgan fingerprint density at radius 2 is 1.87 bits per heavy atom. The summed E-state index contributed by atoms with van der Waals surface area (Å²) in [5.74, 6) is 0.435. The number of anilines is 1. The van der Waals surface area contributed by atoms with Gasteiger partial charge in [-0.2, -0.15) is 10.1 Å². The Morgan fingerprint density at radius 3 is 2.65 bits per heavy atom. The van der Waals surface area contributed by atoms with Crippen molar-refractivity contribution >= 4 is 23.3 Å². The number of hydrogen-bond acceptors (Lipinski definition) is 6. The number of hydrazone groups is 1.